The van der Waals surface area contributed by atoms with Gasteiger partial charge in [0.15, 0.2) is 0 Å². The molecule has 294 valence electrons. The zero-order valence-corrected chi connectivity index (χ0v) is 39.5. The van der Waals surface area contributed by atoms with Crippen LogP contribution in [0.25, 0.3) is 11.1 Å². The van der Waals surface area contributed by atoms with Crippen LogP contribution in [0.4, 0.5) is 0 Å². The maximum absolute atomic E-state index is 3.69. The van der Waals surface area contributed by atoms with Crippen LogP contribution < -0.4 is 24.8 Å². The van der Waals surface area contributed by atoms with Crippen molar-refractivity contribution in [1.29, 1.82) is 0 Å². The fraction of sp³-hybridized carbons (Fsp3) is 0.453. The molecule has 0 heterocycles. The summed E-state index contributed by atoms with van der Waals surface area (Å²) in [6, 6.07) is 32.1. The van der Waals surface area contributed by atoms with Gasteiger partial charge in [-0.15, -0.1) is 16.7 Å². The van der Waals surface area contributed by atoms with Gasteiger partial charge in [0.1, 0.15) is 0 Å². The van der Waals surface area contributed by atoms with Gasteiger partial charge in [-0.2, -0.15) is 29.3 Å². The summed E-state index contributed by atoms with van der Waals surface area (Å²) in [5.41, 5.74) is 16.4. The van der Waals surface area contributed by atoms with Crippen LogP contribution in [-0.2, 0) is 41.5 Å². The molecule has 4 saturated carbocycles. The summed E-state index contributed by atoms with van der Waals surface area (Å²) >= 11 is 1.46. The van der Waals surface area contributed by atoms with Crippen LogP contribution in [0.15, 0.2) is 96.6 Å². The first kappa shape index (κ1) is 44.8. The normalized spacial score (nSPS) is 25.0. The van der Waals surface area contributed by atoms with Gasteiger partial charge >= 0.3 is 99.2 Å². The Labute approximate surface area is 367 Å². The van der Waals surface area contributed by atoms with Crippen molar-refractivity contribution in [3.63, 3.8) is 0 Å². The summed E-state index contributed by atoms with van der Waals surface area (Å²) in [6.45, 7) is 23.1. The Morgan fingerprint density at radius 3 is 1.66 bits per heavy atom. The molecule has 0 saturated heterocycles. The molecule has 0 spiro atoms. The second kappa shape index (κ2) is 17.5. The zero-order valence-electron chi connectivity index (χ0n) is 35.5. The number of fused-ring (bicyclic) bond motifs is 3. The molecule has 0 N–H and O–H groups in total. The van der Waals surface area contributed by atoms with E-state index in [9.17, 15) is 0 Å². The van der Waals surface area contributed by atoms with E-state index in [-0.39, 0.29) is 35.6 Å². The second-order valence-corrected chi connectivity index (χ2v) is 20.8. The Morgan fingerprint density at radius 2 is 1.20 bits per heavy atom. The molecule has 1 unspecified atom stereocenters. The molecule has 0 amide bonds. The molecule has 10 rings (SSSR count). The molecule has 4 fully saturated rings. The summed E-state index contributed by atoms with van der Waals surface area (Å²) in [5, 5.41) is 0. The Bertz CT molecular complexity index is 1940. The molecule has 4 aromatic rings. The van der Waals surface area contributed by atoms with Gasteiger partial charge in [-0.05, 0) is 91.2 Å². The number of benzene rings is 4. The van der Waals surface area contributed by atoms with Crippen LogP contribution in [0.5, 0.6) is 0 Å². The number of hydrogen-bond donors (Lipinski definition) is 0. The number of hydrogen-bond acceptors (Lipinski definition) is 0. The van der Waals surface area contributed by atoms with E-state index in [1.165, 1.54) is 109 Å². The first-order valence-corrected chi connectivity index (χ1v) is 22.0. The van der Waals surface area contributed by atoms with E-state index < -0.39 is 0 Å². The molecular weight excluding hydrogens is 799 g/mol. The van der Waals surface area contributed by atoms with Crippen molar-refractivity contribution in [3.8, 4) is 11.1 Å². The Hall–Kier alpha value is -2.31. The van der Waals surface area contributed by atoms with E-state index in [2.05, 4.69) is 172 Å². The Balaban J connectivity index is 0.000000163. The molecule has 3 heteroatoms. The predicted octanol–water partition coefficient (Wildman–Crippen LogP) is 7.46. The van der Waals surface area contributed by atoms with Crippen molar-refractivity contribution >= 4 is 3.21 Å². The number of halogens is 2. The molecule has 6 aliphatic rings. The van der Waals surface area contributed by atoms with Crippen LogP contribution >= 0.6 is 0 Å². The number of rotatable bonds is 3. The van der Waals surface area contributed by atoms with Crippen molar-refractivity contribution < 1.29 is 49.0 Å². The van der Waals surface area contributed by atoms with Gasteiger partial charge < -0.3 is 24.8 Å². The van der Waals surface area contributed by atoms with Crippen molar-refractivity contribution in [1.82, 2.24) is 0 Å². The minimum absolute atomic E-state index is 0. The monoisotopic (exact) mass is 858 g/mol. The molecular formula is C53H62Cl2Zr-2. The third-order valence-corrected chi connectivity index (χ3v) is 15.0. The van der Waals surface area contributed by atoms with E-state index in [0.29, 0.717) is 11.3 Å². The van der Waals surface area contributed by atoms with Gasteiger partial charge in [0.2, 0.25) is 0 Å². The second-order valence-electron chi connectivity index (χ2n) is 19.6. The van der Waals surface area contributed by atoms with Gasteiger partial charge in [0.25, 0.3) is 0 Å². The van der Waals surface area contributed by atoms with E-state index in [4.69, 9.17) is 0 Å². The van der Waals surface area contributed by atoms with Crippen LogP contribution in [0.2, 0.25) is 0 Å². The van der Waals surface area contributed by atoms with Gasteiger partial charge in [0.05, 0.1) is 0 Å². The van der Waals surface area contributed by atoms with E-state index >= 15 is 0 Å². The van der Waals surface area contributed by atoms with E-state index in [0.717, 1.165) is 30.1 Å². The van der Waals surface area contributed by atoms with E-state index in [1.54, 1.807) is 12.0 Å². The van der Waals surface area contributed by atoms with Gasteiger partial charge in [-0.25, -0.2) is 6.08 Å². The van der Waals surface area contributed by atoms with Crippen molar-refractivity contribution in [2.75, 3.05) is 0 Å². The molecule has 1 atom stereocenters. The summed E-state index contributed by atoms with van der Waals surface area (Å²) in [6.07, 6.45) is 17.0. The fourth-order valence-corrected chi connectivity index (χ4v) is 11.8. The first-order valence-electron chi connectivity index (χ1n) is 20.7. The third kappa shape index (κ3) is 9.12. The van der Waals surface area contributed by atoms with Gasteiger partial charge in [-0.1, -0.05) is 96.8 Å². The van der Waals surface area contributed by atoms with Crippen molar-refractivity contribution in [2.45, 2.75) is 119 Å². The van der Waals surface area contributed by atoms with Gasteiger partial charge in [-0.3, -0.25) is 6.08 Å². The molecule has 0 aromatic heterocycles. The minimum atomic E-state index is 0. The standard InChI is InChI=1S/C23H29.C17H23.C13H10.2ClH.Zr/c1-14-9-16-11-17-10-15(2)21(23(6,7)8)13-19(17)18(16)12-20(14)22(3,4)5;1-11-3-4-14(5-11)17(2)15-7-12-6-13(9-15)10-16(17)8-12;1-3-7-12(8-4-1)11-13-9-5-2-6-10-13;;;/h9,12-13H,11H2,1-8H3;4-5,11-13,15-16H,6-10H2,1-2H3;1-10H;2*1H;/q2*-1;;;;+2/p-2. The third-order valence-electron chi connectivity index (χ3n) is 13.6. The molecule has 0 aliphatic heterocycles. The predicted molar refractivity (Wildman–Crippen MR) is 227 cm³/mol. The molecule has 0 radical (unpaired) electrons. The number of allylic oxidation sites excluding steroid dienone is 4. The van der Waals surface area contributed by atoms with Crippen LogP contribution in [0.3, 0.4) is 0 Å². The summed E-state index contributed by atoms with van der Waals surface area (Å²) in [4.78, 5) is 0. The first-order chi connectivity index (χ1) is 25.5. The summed E-state index contributed by atoms with van der Waals surface area (Å²) in [5.74, 6) is 4.68. The molecule has 4 aromatic carbocycles. The fourth-order valence-electron chi connectivity index (χ4n) is 11.0. The maximum atomic E-state index is 3.69. The van der Waals surface area contributed by atoms with Crippen LogP contribution in [0, 0.1) is 61.0 Å². The summed E-state index contributed by atoms with van der Waals surface area (Å²) in [7, 11) is 0. The van der Waals surface area contributed by atoms with Crippen molar-refractivity contribution in [2.24, 2.45) is 35.0 Å². The topological polar surface area (TPSA) is 0 Å². The SMILES string of the molecule is CC1[C-]=CC(C2(C)C3CC4CC(C3)CC2C4)=C1.Cc1[c-]c2c(cc1C(C)(C)C)-c1cc(C(C)(C)C)c(C)cc1C2.[Cl-].[Cl-].[Zr+2]=[C](c1ccccc1)c1ccccc1. The average molecular weight is 861 g/mol. The van der Waals surface area contributed by atoms with Crippen molar-refractivity contribution in [3.05, 3.63) is 153 Å². The summed E-state index contributed by atoms with van der Waals surface area (Å²) < 4.78 is 1.42. The van der Waals surface area contributed by atoms with Crippen LogP contribution in [-0.4, -0.2) is 3.21 Å². The quantitative estimate of drug-likeness (QED) is 0.166. The Morgan fingerprint density at radius 1 is 0.696 bits per heavy atom. The molecule has 56 heavy (non-hydrogen) atoms. The molecule has 0 nitrogen and oxygen atoms in total. The molecule has 6 aliphatic carbocycles. The Kier molecular flexibility index (Phi) is 14.0. The van der Waals surface area contributed by atoms with E-state index in [1.807, 2.05) is 0 Å². The van der Waals surface area contributed by atoms with Crippen LogP contribution in [0.1, 0.15) is 132 Å². The molecule has 4 bridgehead atoms. The average Bonchev–Trinajstić information content (AvgIpc) is 3.72. The number of aryl methyl sites for hydroxylation is 2. The zero-order chi connectivity index (χ0) is 38.6. The van der Waals surface area contributed by atoms with Gasteiger partial charge in [0, 0.05) is 0 Å².